The van der Waals surface area contributed by atoms with Gasteiger partial charge in [0.05, 0.1) is 19.8 Å². The number of carbonyl (C=O) groups excluding carboxylic acids is 1. The Hall–Kier alpha value is -3.37. The van der Waals surface area contributed by atoms with Gasteiger partial charge in [-0.2, -0.15) is 0 Å². The van der Waals surface area contributed by atoms with E-state index in [-0.39, 0.29) is 13.0 Å². The molecule has 0 aromatic rings. The van der Waals surface area contributed by atoms with Crippen molar-refractivity contribution in [3.8, 4) is 0 Å². The fraction of sp³-hybridized carbons (Fsp3) is 0.545. The van der Waals surface area contributed by atoms with Gasteiger partial charge in [-0.15, -0.1) is 0 Å². The number of ether oxygens (including phenoxy) is 2. The summed E-state index contributed by atoms with van der Waals surface area (Å²) in [6, 6.07) is -1.49. The zero-order chi connectivity index (χ0) is 40.5. The van der Waals surface area contributed by atoms with Crippen LogP contribution < -0.4 is 5.73 Å². The van der Waals surface area contributed by atoms with E-state index in [4.69, 9.17) is 24.8 Å². The molecule has 0 amide bonds. The Morgan fingerprint density at radius 3 is 1.47 bits per heavy atom. The van der Waals surface area contributed by atoms with Crippen LogP contribution in [0.25, 0.3) is 0 Å². The molecule has 0 radical (unpaired) electrons. The molecule has 11 heteroatoms. The van der Waals surface area contributed by atoms with E-state index < -0.39 is 45.1 Å². The first-order chi connectivity index (χ1) is 26.7. The normalized spacial score (nSPS) is 15.1. The molecule has 0 bridgehead atoms. The fourth-order valence-electron chi connectivity index (χ4n) is 4.52. The maximum Gasteiger partial charge on any atom is 0.472 e. The standard InChI is InChI=1S/C44H70NO9P/c1-3-5-7-9-11-13-15-17-18-19-20-21-22-23-25-27-29-31-33-35-37-51-38-41(39-52-55(49,50)53-40-42(45)44(47)48)54-43(46)36-34-32-30-28-26-24-16-14-12-10-8-6-4-2/h5-8,11-14,17-18,20-21,23-26,30,32,41-42H,3-4,9-10,15-16,19,22,27-29,31,33-40,45H2,1-2H3,(H,47,48)(H,49,50)/b7-5-,8-6-,13-11-,14-12-,18-17-,21-20-,25-23-,26-24-,32-30-. The summed E-state index contributed by atoms with van der Waals surface area (Å²) >= 11 is 0. The maximum atomic E-state index is 12.5. The van der Waals surface area contributed by atoms with Crippen molar-refractivity contribution >= 4 is 19.8 Å². The van der Waals surface area contributed by atoms with Gasteiger partial charge in [0.1, 0.15) is 12.1 Å². The van der Waals surface area contributed by atoms with Crippen molar-refractivity contribution in [1.29, 1.82) is 0 Å². The molecule has 310 valence electrons. The van der Waals surface area contributed by atoms with Crippen molar-refractivity contribution in [2.24, 2.45) is 5.73 Å². The highest BCUT2D eigenvalue weighted by atomic mass is 31.2. The van der Waals surface area contributed by atoms with Gasteiger partial charge in [0.2, 0.25) is 0 Å². The molecule has 0 aromatic carbocycles. The summed E-state index contributed by atoms with van der Waals surface area (Å²) in [5, 5.41) is 8.87. The lowest BCUT2D eigenvalue weighted by molar-refractivity contribution is -0.154. The number of phosphoric ester groups is 1. The van der Waals surface area contributed by atoms with Gasteiger partial charge in [-0.05, 0) is 83.5 Å². The summed E-state index contributed by atoms with van der Waals surface area (Å²) in [5.74, 6) is -1.89. The molecule has 0 spiro atoms. The number of carboxylic acids is 1. The molecule has 4 N–H and O–H groups in total. The third kappa shape index (κ3) is 38.7. The van der Waals surface area contributed by atoms with Crippen LogP contribution in [-0.4, -0.2) is 60.5 Å². The van der Waals surface area contributed by atoms with E-state index in [1.165, 1.54) is 0 Å². The van der Waals surface area contributed by atoms with Crippen LogP contribution in [-0.2, 0) is 32.7 Å². The van der Waals surface area contributed by atoms with Crippen molar-refractivity contribution in [3.63, 3.8) is 0 Å². The maximum absolute atomic E-state index is 12.5. The predicted molar refractivity (Wildman–Crippen MR) is 226 cm³/mol. The molecule has 10 nitrogen and oxygen atoms in total. The molecule has 0 aromatic heterocycles. The van der Waals surface area contributed by atoms with Gasteiger partial charge in [0.25, 0.3) is 0 Å². The van der Waals surface area contributed by atoms with Crippen molar-refractivity contribution < 1.29 is 42.7 Å². The van der Waals surface area contributed by atoms with E-state index in [0.29, 0.717) is 13.0 Å². The zero-order valence-electron chi connectivity index (χ0n) is 33.5. The highest BCUT2D eigenvalue weighted by Gasteiger charge is 2.27. The molecule has 0 saturated carbocycles. The van der Waals surface area contributed by atoms with Crippen LogP contribution >= 0.6 is 7.82 Å². The number of esters is 1. The summed E-state index contributed by atoms with van der Waals surface area (Å²) in [7, 11) is -4.65. The largest absolute Gasteiger partial charge is 0.480 e. The Labute approximate surface area is 331 Å². The molecular formula is C44H70NO9P. The van der Waals surface area contributed by atoms with Crippen molar-refractivity contribution in [1.82, 2.24) is 0 Å². The number of carbonyl (C=O) groups is 2. The van der Waals surface area contributed by atoms with Gasteiger partial charge in [0.15, 0.2) is 0 Å². The van der Waals surface area contributed by atoms with E-state index in [1.807, 2.05) is 12.2 Å². The van der Waals surface area contributed by atoms with Gasteiger partial charge in [-0.3, -0.25) is 18.6 Å². The molecule has 55 heavy (non-hydrogen) atoms. The molecule has 0 aliphatic carbocycles. The Bertz CT molecular complexity index is 1280. The Morgan fingerprint density at radius 1 is 0.582 bits per heavy atom. The smallest absolute Gasteiger partial charge is 0.472 e. The second kappa shape index (κ2) is 38.9. The molecule has 0 fully saturated rings. The first-order valence-electron chi connectivity index (χ1n) is 19.9. The summed E-state index contributed by atoms with van der Waals surface area (Å²) in [5.41, 5.74) is 5.33. The Kier molecular flexibility index (Phi) is 36.5. The second-order valence-corrected chi connectivity index (χ2v) is 14.1. The van der Waals surface area contributed by atoms with E-state index in [0.717, 1.165) is 89.9 Å². The number of unbranched alkanes of at least 4 members (excludes halogenated alkanes) is 4. The summed E-state index contributed by atoms with van der Waals surface area (Å²) in [4.78, 5) is 33.4. The number of hydrogen-bond donors (Lipinski definition) is 3. The lowest BCUT2D eigenvalue weighted by Gasteiger charge is -2.20. The van der Waals surface area contributed by atoms with Crippen LogP contribution in [0.2, 0.25) is 0 Å². The van der Waals surface area contributed by atoms with E-state index in [2.05, 4.69) is 116 Å². The van der Waals surface area contributed by atoms with Crippen molar-refractivity contribution in [3.05, 3.63) is 109 Å². The van der Waals surface area contributed by atoms with Gasteiger partial charge in [-0.1, -0.05) is 136 Å². The highest BCUT2D eigenvalue weighted by Crippen LogP contribution is 2.43. The minimum atomic E-state index is -4.65. The topological polar surface area (TPSA) is 155 Å². The average Bonchev–Trinajstić information content (AvgIpc) is 3.16. The molecule has 0 aliphatic heterocycles. The van der Waals surface area contributed by atoms with Crippen LogP contribution in [0.3, 0.4) is 0 Å². The number of aliphatic carboxylic acids is 1. The number of nitrogens with two attached hydrogens (primary N) is 1. The van der Waals surface area contributed by atoms with Crippen molar-refractivity contribution in [2.45, 2.75) is 129 Å². The quantitative estimate of drug-likeness (QED) is 0.0242. The van der Waals surface area contributed by atoms with Crippen LogP contribution in [0, 0.1) is 0 Å². The molecule has 0 saturated heterocycles. The van der Waals surface area contributed by atoms with E-state index >= 15 is 0 Å². The third-order valence-corrected chi connectivity index (χ3v) is 8.51. The lowest BCUT2D eigenvalue weighted by Crippen LogP contribution is -2.34. The predicted octanol–water partition coefficient (Wildman–Crippen LogP) is 10.7. The first-order valence-corrected chi connectivity index (χ1v) is 21.4. The monoisotopic (exact) mass is 787 g/mol. The fourth-order valence-corrected chi connectivity index (χ4v) is 5.30. The lowest BCUT2D eigenvalue weighted by atomic mass is 10.1. The molecular weight excluding hydrogens is 717 g/mol. The van der Waals surface area contributed by atoms with Crippen LogP contribution in [0.5, 0.6) is 0 Å². The van der Waals surface area contributed by atoms with Crippen LogP contribution in [0.1, 0.15) is 117 Å². The minimum absolute atomic E-state index is 0.0373. The summed E-state index contributed by atoms with van der Waals surface area (Å²) in [6.07, 6.45) is 51.7. The van der Waals surface area contributed by atoms with E-state index in [9.17, 15) is 19.0 Å². The summed E-state index contributed by atoms with van der Waals surface area (Å²) < 4.78 is 33.1. The number of hydrogen-bond acceptors (Lipinski definition) is 8. The average molecular weight is 788 g/mol. The first kappa shape index (κ1) is 51.6. The SMILES string of the molecule is CC/C=C\C/C=C\C/C=C\C/C=C\C/C=C\CCCCCCOCC(COP(=O)(O)OCC(N)C(=O)O)OC(=O)CC/C=C\C/C=C\C/C=C\C/C=C\CC. The van der Waals surface area contributed by atoms with Crippen LogP contribution in [0.4, 0.5) is 0 Å². The van der Waals surface area contributed by atoms with Gasteiger partial charge in [0, 0.05) is 13.0 Å². The zero-order valence-corrected chi connectivity index (χ0v) is 34.4. The van der Waals surface area contributed by atoms with Gasteiger partial charge >= 0.3 is 19.8 Å². The minimum Gasteiger partial charge on any atom is -0.480 e. The Morgan fingerprint density at radius 2 is 1.00 bits per heavy atom. The third-order valence-electron chi connectivity index (χ3n) is 7.56. The molecule has 0 heterocycles. The van der Waals surface area contributed by atoms with Gasteiger partial charge < -0.3 is 25.2 Å². The number of phosphoric acid groups is 1. The Balaban J connectivity index is 4.44. The second-order valence-electron chi connectivity index (χ2n) is 12.6. The number of allylic oxidation sites excluding steroid dienone is 18. The molecule has 3 atom stereocenters. The molecule has 0 aliphatic rings. The number of carboxylic acid groups (broad SMARTS) is 1. The molecule has 3 unspecified atom stereocenters. The number of rotatable bonds is 36. The highest BCUT2D eigenvalue weighted by molar-refractivity contribution is 7.47. The van der Waals surface area contributed by atoms with E-state index in [1.54, 1.807) is 0 Å². The molecule has 0 rings (SSSR count). The summed E-state index contributed by atoms with van der Waals surface area (Å²) in [6.45, 7) is 3.45. The van der Waals surface area contributed by atoms with Crippen LogP contribution in [0.15, 0.2) is 109 Å². The van der Waals surface area contributed by atoms with Gasteiger partial charge in [-0.25, -0.2) is 4.57 Å². The van der Waals surface area contributed by atoms with Crippen molar-refractivity contribution in [2.75, 3.05) is 26.4 Å².